The molecule has 1 fully saturated rings. The van der Waals surface area contributed by atoms with Gasteiger partial charge in [-0.15, -0.1) is 0 Å². The summed E-state index contributed by atoms with van der Waals surface area (Å²) in [7, 11) is 0. The Balaban J connectivity index is 2.03. The first-order valence-electron chi connectivity index (χ1n) is 4.39. The van der Waals surface area contributed by atoms with Gasteiger partial charge < -0.3 is 5.32 Å². The molecular weight excluding hydrogens is 246 g/mol. The molecule has 0 atom stereocenters. The Bertz CT molecular complexity index is 337. The smallest absolute Gasteiger partial charge is 0.254 e. The Morgan fingerprint density at radius 1 is 1.50 bits per heavy atom. The molecule has 1 N–H and O–H groups in total. The summed E-state index contributed by atoms with van der Waals surface area (Å²) < 4.78 is 0. The maximum atomic E-state index is 11.6. The van der Waals surface area contributed by atoms with E-state index in [1.165, 1.54) is 18.7 Å². The number of halogens is 1. The molecule has 0 unspecified atom stereocenters. The van der Waals surface area contributed by atoms with Gasteiger partial charge >= 0.3 is 0 Å². The van der Waals surface area contributed by atoms with Crippen LogP contribution in [0.25, 0.3) is 0 Å². The van der Waals surface area contributed by atoms with E-state index in [4.69, 9.17) is 0 Å². The highest BCUT2D eigenvalue weighted by Crippen LogP contribution is 2.37. The minimum Gasteiger partial charge on any atom is -0.346 e. The molecule has 1 amide bonds. The monoisotopic (exact) mass is 255 g/mol. The lowest BCUT2D eigenvalue weighted by Gasteiger charge is -2.13. The summed E-state index contributed by atoms with van der Waals surface area (Å²) in [5, 5.41) is 3.77. The van der Waals surface area contributed by atoms with Gasteiger partial charge in [0.2, 0.25) is 0 Å². The Labute approximate surface area is 90.3 Å². The van der Waals surface area contributed by atoms with Crippen molar-refractivity contribution in [1.82, 2.24) is 15.3 Å². The van der Waals surface area contributed by atoms with Gasteiger partial charge in [0.25, 0.3) is 5.91 Å². The Kier molecular flexibility index (Phi) is 2.50. The van der Waals surface area contributed by atoms with E-state index in [9.17, 15) is 4.79 Å². The Hall–Kier alpha value is -0.970. The predicted octanol–water partition coefficient (Wildman–Crippen LogP) is 1.13. The van der Waals surface area contributed by atoms with Crippen molar-refractivity contribution in [1.29, 1.82) is 0 Å². The van der Waals surface area contributed by atoms with E-state index in [1.807, 2.05) is 0 Å². The van der Waals surface area contributed by atoms with Crippen LogP contribution in [0.2, 0.25) is 0 Å². The number of nitrogens with zero attached hydrogens (tertiary/aromatic N) is 2. The number of hydrogen-bond acceptors (Lipinski definition) is 3. The first-order valence-corrected chi connectivity index (χ1v) is 5.51. The fourth-order valence-corrected chi connectivity index (χ4v) is 1.87. The van der Waals surface area contributed by atoms with Crippen LogP contribution in [0.1, 0.15) is 23.2 Å². The van der Waals surface area contributed by atoms with Gasteiger partial charge in [-0.05, 0) is 12.8 Å². The molecule has 14 heavy (non-hydrogen) atoms. The number of amides is 1. The summed E-state index contributed by atoms with van der Waals surface area (Å²) >= 11 is 3.39. The third kappa shape index (κ3) is 1.92. The van der Waals surface area contributed by atoms with E-state index < -0.39 is 0 Å². The van der Waals surface area contributed by atoms with Gasteiger partial charge in [-0.2, -0.15) is 0 Å². The molecule has 1 aromatic heterocycles. The lowest BCUT2D eigenvalue weighted by atomic mass is 10.2. The van der Waals surface area contributed by atoms with E-state index in [0.29, 0.717) is 5.56 Å². The highest BCUT2D eigenvalue weighted by Gasteiger charge is 2.43. The molecule has 0 bridgehead atoms. The van der Waals surface area contributed by atoms with Gasteiger partial charge in [-0.3, -0.25) is 4.79 Å². The molecule has 1 aromatic rings. The largest absolute Gasteiger partial charge is 0.346 e. The van der Waals surface area contributed by atoms with E-state index in [2.05, 4.69) is 31.2 Å². The summed E-state index contributed by atoms with van der Waals surface area (Å²) in [5.41, 5.74) is 0.493. The van der Waals surface area contributed by atoms with E-state index in [1.54, 1.807) is 0 Å². The second-order valence-corrected chi connectivity index (χ2v) is 4.06. The number of hydrogen-bond donors (Lipinski definition) is 1. The summed E-state index contributed by atoms with van der Waals surface area (Å²) in [6.07, 6.45) is 6.53. The topological polar surface area (TPSA) is 54.9 Å². The average molecular weight is 256 g/mol. The van der Waals surface area contributed by atoms with Crippen molar-refractivity contribution in [2.75, 3.05) is 5.33 Å². The van der Waals surface area contributed by atoms with Gasteiger partial charge in [0, 0.05) is 17.7 Å². The lowest BCUT2D eigenvalue weighted by Crippen LogP contribution is -2.38. The molecule has 0 radical (unpaired) electrons. The molecule has 1 aliphatic carbocycles. The molecule has 1 heterocycles. The number of carbonyl (C=O) groups excluding carboxylic acids is 1. The average Bonchev–Trinajstić information content (AvgIpc) is 3.00. The summed E-state index contributed by atoms with van der Waals surface area (Å²) in [6, 6.07) is 0. The minimum absolute atomic E-state index is 0.0209. The molecule has 1 saturated carbocycles. The normalized spacial score (nSPS) is 17.5. The molecule has 0 aromatic carbocycles. The molecule has 1 aliphatic rings. The Morgan fingerprint density at radius 3 is 2.64 bits per heavy atom. The van der Waals surface area contributed by atoms with Crippen LogP contribution in [0.5, 0.6) is 0 Å². The standard InChI is InChI=1S/C9H10BrN3O/c10-5-9(1-2-9)13-8(14)7-3-11-6-12-4-7/h3-4,6H,1-2,5H2,(H,13,14). The van der Waals surface area contributed by atoms with Gasteiger partial charge in [0.05, 0.1) is 11.1 Å². The van der Waals surface area contributed by atoms with Gasteiger partial charge in [0.1, 0.15) is 6.33 Å². The van der Waals surface area contributed by atoms with Crippen molar-refractivity contribution < 1.29 is 4.79 Å². The predicted molar refractivity (Wildman–Crippen MR) is 55.3 cm³/mol. The molecular formula is C9H10BrN3O. The molecule has 74 valence electrons. The second kappa shape index (κ2) is 3.65. The third-order valence-electron chi connectivity index (χ3n) is 2.31. The van der Waals surface area contributed by atoms with Crippen LogP contribution in [0, 0.1) is 0 Å². The number of aromatic nitrogens is 2. The zero-order chi connectivity index (χ0) is 10.0. The fraction of sp³-hybridized carbons (Fsp3) is 0.444. The van der Waals surface area contributed by atoms with Crippen molar-refractivity contribution in [3.8, 4) is 0 Å². The van der Waals surface area contributed by atoms with Crippen molar-refractivity contribution in [3.05, 3.63) is 24.3 Å². The van der Waals surface area contributed by atoms with E-state index in [0.717, 1.165) is 18.2 Å². The number of nitrogens with one attached hydrogen (secondary N) is 1. The zero-order valence-electron chi connectivity index (χ0n) is 7.53. The third-order valence-corrected chi connectivity index (χ3v) is 3.38. The van der Waals surface area contributed by atoms with Crippen LogP contribution in [0.3, 0.4) is 0 Å². The molecule has 2 rings (SSSR count). The van der Waals surface area contributed by atoms with Crippen LogP contribution >= 0.6 is 15.9 Å². The van der Waals surface area contributed by atoms with Crippen LogP contribution in [-0.2, 0) is 0 Å². The minimum atomic E-state index is -0.0949. The van der Waals surface area contributed by atoms with Gasteiger partial charge in [0.15, 0.2) is 0 Å². The van der Waals surface area contributed by atoms with Crippen LogP contribution in [0.4, 0.5) is 0 Å². The quantitative estimate of drug-likeness (QED) is 0.825. The maximum Gasteiger partial charge on any atom is 0.254 e. The number of carbonyl (C=O) groups is 1. The summed E-state index contributed by atoms with van der Waals surface area (Å²) in [4.78, 5) is 19.2. The van der Waals surface area contributed by atoms with E-state index >= 15 is 0 Å². The first-order chi connectivity index (χ1) is 6.76. The number of alkyl halides is 1. The molecule has 0 spiro atoms. The van der Waals surface area contributed by atoms with Crippen molar-refractivity contribution >= 4 is 21.8 Å². The lowest BCUT2D eigenvalue weighted by molar-refractivity contribution is 0.0936. The van der Waals surface area contributed by atoms with Crippen molar-refractivity contribution in [3.63, 3.8) is 0 Å². The van der Waals surface area contributed by atoms with Crippen molar-refractivity contribution in [2.24, 2.45) is 0 Å². The van der Waals surface area contributed by atoms with Gasteiger partial charge in [-0.25, -0.2) is 9.97 Å². The number of rotatable bonds is 3. The first kappa shape index (κ1) is 9.58. The fourth-order valence-electron chi connectivity index (χ4n) is 1.17. The maximum absolute atomic E-state index is 11.6. The SMILES string of the molecule is O=C(NC1(CBr)CC1)c1cncnc1. The Morgan fingerprint density at radius 2 is 2.14 bits per heavy atom. The van der Waals surface area contributed by atoms with Crippen LogP contribution in [-0.4, -0.2) is 26.7 Å². The van der Waals surface area contributed by atoms with Crippen molar-refractivity contribution in [2.45, 2.75) is 18.4 Å². The molecule has 0 saturated heterocycles. The summed E-state index contributed by atoms with van der Waals surface area (Å²) in [6.45, 7) is 0. The van der Waals surface area contributed by atoms with Crippen LogP contribution < -0.4 is 5.32 Å². The molecule has 0 aliphatic heterocycles. The van der Waals surface area contributed by atoms with Crippen LogP contribution in [0.15, 0.2) is 18.7 Å². The highest BCUT2D eigenvalue weighted by atomic mass is 79.9. The molecule has 4 nitrogen and oxygen atoms in total. The van der Waals surface area contributed by atoms with E-state index in [-0.39, 0.29) is 11.4 Å². The second-order valence-electron chi connectivity index (χ2n) is 3.50. The molecule has 5 heteroatoms. The zero-order valence-corrected chi connectivity index (χ0v) is 9.12. The summed E-state index contributed by atoms with van der Waals surface area (Å²) in [5.74, 6) is -0.0949. The highest BCUT2D eigenvalue weighted by molar-refractivity contribution is 9.09. The van der Waals surface area contributed by atoms with Gasteiger partial charge in [-0.1, -0.05) is 15.9 Å².